The molecule has 0 aliphatic heterocycles. The lowest BCUT2D eigenvalue weighted by Crippen LogP contribution is -2.55. The second-order valence-corrected chi connectivity index (χ2v) is 11.7. The number of ketones is 1. The second kappa shape index (κ2) is 5.29. The average molecular weight is 370 g/mol. The van der Waals surface area contributed by atoms with Gasteiger partial charge in [-0.2, -0.15) is 0 Å². The molecule has 0 heterocycles. The van der Waals surface area contributed by atoms with Crippen LogP contribution in [0.25, 0.3) is 0 Å². The van der Waals surface area contributed by atoms with Gasteiger partial charge in [0.05, 0.1) is 0 Å². The van der Waals surface area contributed by atoms with Gasteiger partial charge in [0.2, 0.25) is 0 Å². The monoisotopic (exact) mass is 369 g/mol. The van der Waals surface area contributed by atoms with Gasteiger partial charge in [-0.15, -0.1) is 0 Å². The Morgan fingerprint density at radius 3 is 2.44 bits per heavy atom. The molecule has 0 aromatic carbocycles. The molecule has 5 saturated carbocycles. The van der Waals surface area contributed by atoms with Crippen molar-refractivity contribution in [2.45, 2.75) is 85.1 Å². The Kier molecular flexibility index (Phi) is 3.61. The molecule has 0 aromatic heterocycles. The first-order valence-electron chi connectivity index (χ1n) is 11.5. The molecule has 150 valence electrons. The van der Waals surface area contributed by atoms with Crippen molar-refractivity contribution in [2.24, 2.45) is 39.4 Å². The molecule has 5 aliphatic carbocycles. The van der Waals surface area contributed by atoms with Crippen LogP contribution in [0.1, 0.15) is 79.1 Å². The van der Waals surface area contributed by atoms with Gasteiger partial charge in [-0.3, -0.25) is 4.79 Å². The van der Waals surface area contributed by atoms with Gasteiger partial charge in [0, 0.05) is 17.9 Å². The molecule has 0 aromatic rings. The molecule has 0 amide bonds. The smallest absolute Gasteiger partial charge is 0.159 e. The van der Waals surface area contributed by atoms with Crippen molar-refractivity contribution < 1.29 is 4.79 Å². The largest absolute Gasteiger partial charge is 0.306 e. The van der Waals surface area contributed by atoms with Gasteiger partial charge in [-0.05, 0) is 106 Å². The van der Waals surface area contributed by atoms with E-state index >= 15 is 0 Å². The molecule has 0 saturated heterocycles. The highest BCUT2D eigenvalue weighted by Crippen LogP contribution is 2.87. The molecule has 5 fully saturated rings. The lowest BCUT2D eigenvalue weighted by molar-refractivity contribution is -0.123. The molecule has 0 bridgehead atoms. The normalized spacial score (nSPS) is 57.9. The van der Waals surface area contributed by atoms with E-state index in [-0.39, 0.29) is 10.8 Å². The van der Waals surface area contributed by atoms with Crippen LogP contribution in [0.15, 0.2) is 11.6 Å². The van der Waals surface area contributed by atoms with Crippen LogP contribution in [0.2, 0.25) is 0 Å². The van der Waals surface area contributed by atoms with Crippen LogP contribution in [0, 0.1) is 39.4 Å². The summed E-state index contributed by atoms with van der Waals surface area (Å²) < 4.78 is 0. The van der Waals surface area contributed by atoms with Crippen LogP contribution < -0.4 is 0 Å². The van der Waals surface area contributed by atoms with Crippen LogP contribution >= 0.6 is 0 Å². The first-order chi connectivity index (χ1) is 12.7. The Hall–Kier alpha value is -0.630. The quantitative estimate of drug-likeness (QED) is 0.571. The van der Waals surface area contributed by atoms with Crippen LogP contribution in [0.3, 0.4) is 0 Å². The van der Waals surface area contributed by atoms with Crippen LogP contribution in [0.4, 0.5) is 0 Å². The summed E-state index contributed by atoms with van der Waals surface area (Å²) in [5.74, 6) is 2.97. The fraction of sp³-hybridized carbons (Fsp3) is 0.880. The van der Waals surface area contributed by atoms with E-state index in [4.69, 9.17) is 0 Å². The summed E-state index contributed by atoms with van der Waals surface area (Å²) >= 11 is 0. The molecule has 2 spiro atoms. The molecular formula is C25H39NO. The summed E-state index contributed by atoms with van der Waals surface area (Å²) in [4.78, 5) is 15.4. The van der Waals surface area contributed by atoms with E-state index in [1.165, 1.54) is 50.5 Å². The van der Waals surface area contributed by atoms with E-state index in [0.29, 0.717) is 16.6 Å². The fourth-order valence-corrected chi connectivity index (χ4v) is 9.90. The van der Waals surface area contributed by atoms with Gasteiger partial charge in [0.25, 0.3) is 0 Å². The van der Waals surface area contributed by atoms with Gasteiger partial charge in [0.15, 0.2) is 5.78 Å². The first kappa shape index (κ1) is 18.4. The second-order valence-electron chi connectivity index (χ2n) is 11.7. The number of carbonyl (C=O) groups is 1. The Bertz CT molecular complexity index is 724. The van der Waals surface area contributed by atoms with Crippen LogP contribution in [-0.2, 0) is 4.79 Å². The van der Waals surface area contributed by atoms with Crippen LogP contribution in [0.5, 0.6) is 0 Å². The summed E-state index contributed by atoms with van der Waals surface area (Å²) in [5.41, 5.74) is 2.67. The summed E-state index contributed by atoms with van der Waals surface area (Å²) in [6.07, 6.45) is 12.7. The number of Topliss-reactive ketones (excluding diaryl/α,β-unsaturated/α-hetero) is 1. The molecule has 5 aliphatic rings. The fourth-order valence-electron chi connectivity index (χ4n) is 9.90. The minimum absolute atomic E-state index is 0.123. The summed E-state index contributed by atoms with van der Waals surface area (Å²) in [6, 6.07) is 0.766. The van der Waals surface area contributed by atoms with E-state index in [1.54, 1.807) is 0 Å². The van der Waals surface area contributed by atoms with E-state index < -0.39 is 0 Å². The predicted molar refractivity (Wildman–Crippen MR) is 110 cm³/mol. The lowest BCUT2D eigenvalue weighted by Gasteiger charge is -2.61. The zero-order valence-corrected chi connectivity index (χ0v) is 18.4. The number of carbonyl (C=O) groups excluding carboxylic acids is 1. The molecular weight excluding hydrogens is 330 g/mol. The van der Waals surface area contributed by atoms with Crippen molar-refractivity contribution in [1.29, 1.82) is 0 Å². The third-order valence-corrected chi connectivity index (χ3v) is 11.2. The predicted octanol–water partition coefficient (Wildman–Crippen LogP) is 5.47. The third-order valence-electron chi connectivity index (χ3n) is 11.2. The molecule has 2 nitrogen and oxygen atoms in total. The maximum absolute atomic E-state index is 13.0. The Morgan fingerprint density at radius 1 is 1.04 bits per heavy atom. The van der Waals surface area contributed by atoms with E-state index in [2.05, 4.69) is 52.8 Å². The van der Waals surface area contributed by atoms with Gasteiger partial charge < -0.3 is 4.90 Å². The molecule has 5 rings (SSSR count). The zero-order valence-electron chi connectivity index (χ0n) is 18.4. The van der Waals surface area contributed by atoms with Crippen molar-refractivity contribution in [3.63, 3.8) is 0 Å². The average Bonchev–Trinajstić information content (AvgIpc) is 3.20. The van der Waals surface area contributed by atoms with Crippen molar-refractivity contribution in [2.75, 3.05) is 14.1 Å². The number of rotatable bonds is 1. The minimum Gasteiger partial charge on any atom is -0.306 e. The lowest BCUT2D eigenvalue weighted by atomic mass is 9.44. The molecule has 0 radical (unpaired) electrons. The van der Waals surface area contributed by atoms with Crippen molar-refractivity contribution >= 4 is 5.78 Å². The van der Waals surface area contributed by atoms with Crippen molar-refractivity contribution in [3.8, 4) is 0 Å². The molecule has 2 heteroatoms. The van der Waals surface area contributed by atoms with Gasteiger partial charge in [-0.25, -0.2) is 0 Å². The topological polar surface area (TPSA) is 20.3 Å². The highest BCUT2D eigenvalue weighted by molar-refractivity contribution is 6.00. The number of allylic oxidation sites excluding steroid dienone is 2. The molecule has 8 atom stereocenters. The van der Waals surface area contributed by atoms with Gasteiger partial charge >= 0.3 is 0 Å². The summed E-state index contributed by atoms with van der Waals surface area (Å²) in [5, 5.41) is 0. The Morgan fingerprint density at radius 2 is 1.78 bits per heavy atom. The third kappa shape index (κ3) is 1.86. The number of hydrogen-bond acceptors (Lipinski definition) is 2. The van der Waals surface area contributed by atoms with E-state index in [9.17, 15) is 4.79 Å². The van der Waals surface area contributed by atoms with Crippen molar-refractivity contribution in [1.82, 2.24) is 4.90 Å². The van der Waals surface area contributed by atoms with Crippen molar-refractivity contribution in [3.05, 3.63) is 11.6 Å². The number of fused-ring (bicyclic) bond motifs is 2. The highest BCUT2D eigenvalue weighted by atomic mass is 16.1. The maximum atomic E-state index is 13.0. The summed E-state index contributed by atoms with van der Waals surface area (Å²) in [7, 11) is 4.56. The Labute approximate surface area is 166 Å². The zero-order chi connectivity index (χ0) is 19.4. The standard InChI is InChI=1S/C25H39NO/c1-7-17-20(27)14-23(4)21-9-8-18-16(2)19(26(5)6)10-11-24(18)15-25(21,24)13-12-22(17,23)3/h7,16,18-19,21H,8-15H2,1-6H3. The SMILES string of the molecule is CC=C1C(=O)CC2(C)C3CCC4C(C)C(N(C)C)CCC45CC35CCC12C. The van der Waals surface area contributed by atoms with E-state index in [0.717, 1.165) is 30.2 Å². The molecule has 0 N–H and O–H groups in total. The molecule has 8 unspecified atom stereocenters. The first-order valence-corrected chi connectivity index (χ1v) is 11.5. The van der Waals surface area contributed by atoms with Gasteiger partial charge in [-0.1, -0.05) is 26.8 Å². The maximum Gasteiger partial charge on any atom is 0.159 e. The van der Waals surface area contributed by atoms with Crippen LogP contribution in [-0.4, -0.2) is 30.8 Å². The van der Waals surface area contributed by atoms with E-state index in [1.807, 2.05) is 0 Å². The molecule has 27 heavy (non-hydrogen) atoms. The number of nitrogens with zero attached hydrogens (tertiary/aromatic N) is 1. The highest BCUT2D eigenvalue weighted by Gasteiger charge is 2.81. The number of hydrogen-bond donors (Lipinski definition) is 0. The minimum atomic E-state index is 0.123. The summed E-state index contributed by atoms with van der Waals surface area (Å²) in [6.45, 7) is 9.59. The Balaban J connectivity index is 1.53. The van der Waals surface area contributed by atoms with Gasteiger partial charge in [0.1, 0.15) is 0 Å².